The van der Waals surface area contributed by atoms with E-state index in [2.05, 4.69) is 0 Å². The van der Waals surface area contributed by atoms with E-state index in [1.165, 1.54) is 0 Å². The van der Waals surface area contributed by atoms with Crippen molar-refractivity contribution in [3.8, 4) is 0 Å². The second kappa shape index (κ2) is 12.3. The van der Waals surface area contributed by atoms with Crippen LogP contribution in [0.1, 0.15) is 0 Å². The summed E-state index contributed by atoms with van der Waals surface area (Å²) in [6.45, 7) is 0. The van der Waals surface area contributed by atoms with Gasteiger partial charge < -0.3 is 69.1 Å². The van der Waals surface area contributed by atoms with Crippen LogP contribution in [0.5, 0.6) is 0 Å². The Morgan fingerprint density at radius 2 is 0.238 bits per heavy atom. The first kappa shape index (κ1) is 32.6. The third kappa shape index (κ3) is 111000. The number of hydrogen-bond donors (Lipinski definition) is 0. The molecule has 0 spiro atoms. The van der Waals surface area contributed by atoms with Crippen molar-refractivity contribution >= 4 is 29.0 Å². The molecule has 0 saturated carbocycles. The molecular formula is B4F16Rh-4. The zero-order chi connectivity index (χ0) is 18.0. The van der Waals surface area contributed by atoms with Crippen LogP contribution in [0.25, 0.3) is 0 Å². The van der Waals surface area contributed by atoms with E-state index in [-0.39, 0.29) is 19.5 Å². The van der Waals surface area contributed by atoms with E-state index in [0.717, 1.165) is 0 Å². The van der Waals surface area contributed by atoms with Gasteiger partial charge in [0.25, 0.3) is 0 Å². The Morgan fingerprint density at radius 1 is 0.238 bits per heavy atom. The molecule has 0 aromatic carbocycles. The third-order valence-corrected chi connectivity index (χ3v) is 0. The van der Waals surface area contributed by atoms with Gasteiger partial charge in [0.2, 0.25) is 0 Å². The Bertz CT molecular complexity index is 130. The Hall–Kier alpha value is -0.237. The maximum Gasteiger partial charge on any atom is 0.673 e. The molecule has 0 amide bonds. The molecule has 1 radical (unpaired) electrons. The Balaban J connectivity index is -0.0000000533. The molecule has 0 aliphatic carbocycles. The quantitative estimate of drug-likeness (QED) is 0.352. The van der Waals surface area contributed by atoms with E-state index in [1.807, 2.05) is 0 Å². The summed E-state index contributed by atoms with van der Waals surface area (Å²) >= 11 is 0. The SMILES string of the molecule is F[B-](F)(F)F.F[B-](F)(F)F.F[B-](F)(F)F.F[B-](F)(F)F.[Rh]. The van der Waals surface area contributed by atoms with Crippen LogP contribution < -0.4 is 0 Å². The number of hydrogen-bond acceptors (Lipinski definition) is 0. The van der Waals surface area contributed by atoms with Gasteiger partial charge in [-0.2, -0.15) is 0 Å². The summed E-state index contributed by atoms with van der Waals surface area (Å²) in [5.74, 6) is 0. The van der Waals surface area contributed by atoms with E-state index < -0.39 is 29.0 Å². The molecule has 0 saturated heterocycles. The maximum absolute atomic E-state index is 9.75. The van der Waals surface area contributed by atoms with Gasteiger partial charge in [0.05, 0.1) is 0 Å². The van der Waals surface area contributed by atoms with Gasteiger partial charge in [0.1, 0.15) is 0 Å². The fourth-order valence-corrected chi connectivity index (χ4v) is 0. The van der Waals surface area contributed by atoms with E-state index in [9.17, 15) is 69.1 Å². The molecule has 0 aliphatic rings. The van der Waals surface area contributed by atoms with Crippen molar-refractivity contribution in [1.29, 1.82) is 0 Å². The molecule has 0 bridgehead atoms. The molecular weight excluding hydrogens is 450 g/mol. The van der Waals surface area contributed by atoms with Crippen LogP contribution in [0.2, 0.25) is 0 Å². The number of halogens is 16. The Labute approximate surface area is 118 Å². The van der Waals surface area contributed by atoms with Gasteiger partial charge in [-0.3, -0.25) is 0 Å². The fraction of sp³-hybridized carbons (Fsp3) is 0. The summed E-state index contributed by atoms with van der Waals surface area (Å²) in [5.41, 5.74) is 0. The summed E-state index contributed by atoms with van der Waals surface area (Å²) < 4.78 is 156. The van der Waals surface area contributed by atoms with Gasteiger partial charge in [0.15, 0.2) is 0 Å². The first-order chi connectivity index (χ1) is 8.00. The number of rotatable bonds is 0. The van der Waals surface area contributed by atoms with Gasteiger partial charge in [-0.1, -0.05) is 0 Å². The molecule has 0 fully saturated rings. The summed E-state index contributed by atoms with van der Waals surface area (Å²) in [7, 11) is -24.0. The normalized spacial score (nSPS) is 11.4. The molecule has 0 aliphatic heterocycles. The smallest absolute Gasteiger partial charge is 0.418 e. The van der Waals surface area contributed by atoms with Crippen molar-refractivity contribution in [2.45, 2.75) is 0 Å². The van der Waals surface area contributed by atoms with Crippen molar-refractivity contribution in [1.82, 2.24) is 0 Å². The fourth-order valence-electron chi connectivity index (χ4n) is 0. The van der Waals surface area contributed by atoms with Crippen molar-refractivity contribution in [3.05, 3.63) is 0 Å². The van der Waals surface area contributed by atoms with E-state index in [1.54, 1.807) is 0 Å². The topological polar surface area (TPSA) is 0 Å². The predicted octanol–water partition coefficient (Wildman–Crippen LogP) is 5.20. The molecule has 0 heterocycles. The van der Waals surface area contributed by atoms with E-state index in [0.29, 0.717) is 0 Å². The molecule has 0 rings (SSSR count). The molecule has 0 unspecified atom stereocenters. The van der Waals surface area contributed by atoms with Crippen LogP contribution in [0.4, 0.5) is 69.1 Å². The molecule has 0 aromatic heterocycles. The van der Waals surface area contributed by atoms with Crippen molar-refractivity contribution in [2.75, 3.05) is 0 Å². The second-order valence-corrected chi connectivity index (χ2v) is 1.98. The van der Waals surface area contributed by atoms with Crippen LogP contribution >= 0.6 is 0 Å². The maximum atomic E-state index is 9.75. The molecule has 0 aromatic rings. The van der Waals surface area contributed by atoms with Crippen LogP contribution in [-0.4, -0.2) is 29.0 Å². The summed E-state index contributed by atoms with van der Waals surface area (Å²) in [6, 6.07) is 0. The van der Waals surface area contributed by atoms with Crippen LogP contribution in [0.3, 0.4) is 0 Å². The zero-order valence-electron chi connectivity index (χ0n) is 8.69. The van der Waals surface area contributed by atoms with Crippen molar-refractivity contribution in [2.24, 2.45) is 0 Å². The van der Waals surface area contributed by atoms with Gasteiger partial charge >= 0.3 is 29.0 Å². The average molecular weight is 450 g/mol. The standard InChI is InChI=1S/4BF4.Rh/c4*2-1(3,4)5;/q4*-1;. The monoisotopic (exact) mass is 451 g/mol. The second-order valence-electron chi connectivity index (χ2n) is 1.98. The zero-order valence-corrected chi connectivity index (χ0v) is 10.3. The van der Waals surface area contributed by atoms with E-state index in [4.69, 9.17) is 0 Å². The van der Waals surface area contributed by atoms with Gasteiger partial charge in [-0.15, -0.1) is 0 Å². The Kier molecular flexibility index (Phi) is 19.1. The molecule has 137 valence electrons. The molecule has 0 nitrogen and oxygen atoms in total. The first-order valence-corrected chi connectivity index (χ1v) is 3.49. The van der Waals surface area contributed by atoms with Crippen LogP contribution in [-0.2, 0) is 19.5 Å². The largest absolute Gasteiger partial charge is 0.673 e. The van der Waals surface area contributed by atoms with Gasteiger partial charge in [-0.25, -0.2) is 0 Å². The minimum Gasteiger partial charge on any atom is -0.418 e. The third-order valence-electron chi connectivity index (χ3n) is 0. The predicted molar refractivity (Wildman–Crippen MR) is 40.7 cm³/mol. The average Bonchev–Trinajstić information content (AvgIpc) is 1.62. The minimum absolute atomic E-state index is 0. The first-order valence-electron chi connectivity index (χ1n) is 3.49. The molecule has 0 N–H and O–H groups in total. The molecule has 0 atom stereocenters. The van der Waals surface area contributed by atoms with Crippen molar-refractivity contribution < 1.29 is 88.5 Å². The molecule has 21 heteroatoms. The van der Waals surface area contributed by atoms with Gasteiger partial charge in [0, 0.05) is 19.5 Å². The summed E-state index contributed by atoms with van der Waals surface area (Å²) in [5, 5.41) is 0. The van der Waals surface area contributed by atoms with Crippen LogP contribution in [0, 0.1) is 0 Å². The summed E-state index contributed by atoms with van der Waals surface area (Å²) in [4.78, 5) is 0. The molecule has 21 heavy (non-hydrogen) atoms. The Morgan fingerprint density at radius 3 is 0.238 bits per heavy atom. The minimum atomic E-state index is -6.00. The summed E-state index contributed by atoms with van der Waals surface area (Å²) in [6.07, 6.45) is 0. The van der Waals surface area contributed by atoms with Gasteiger partial charge in [-0.05, 0) is 0 Å². The van der Waals surface area contributed by atoms with Crippen LogP contribution in [0.15, 0.2) is 0 Å². The van der Waals surface area contributed by atoms with E-state index >= 15 is 0 Å². The van der Waals surface area contributed by atoms with Crippen molar-refractivity contribution in [3.63, 3.8) is 0 Å².